The minimum Gasteiger partial charge on any atom is -0.456 e. The molecule has 0 spiro atoms. The molecule has 10 heteroatoms. The number of benzene rings is 2. The summed E-state index contributed by atoms with van der Waals surface area (Å²) < 4.78 is 23.0. The summed E-state index contributed by atoms with van der Waals surface area (Å²) >= 11 is 0. The SMILES string of the molecule is Cc1cc(CC(=O)Nc2cnn(C(C)(C)C)c2)c(F)cc1Oc1ccnc2ccc(C(=O)NC3CC(C#N)C3)cc12. The zero-order chi connectivity index (χ0) is 29.3. The number of halogens is 1. The van der Waals surface area contributed by atoms with E-state index in [-0.39, 0.29) is 47.0 Å². The lowest BCUT2D eigenvalue weighted by molar-refractivity contribution is -0.115. The third-order valence-electron chi connectivity index (χ3n) is 7.09. The van der Waals surface area contributed by atoms with Crippen LogP contribution in [0.3, 0.4) is 0 Å². The Morgan fingerprint density at radius 1 is 1.17 bits per heavy atom. The number of amides is 2. The van der Waals surface area contributed by atoms with Crippen LogP contribution in [-0.2, 0) is 16.8 Å². The third kappa shape index (κ3) is 6.19. The minimum atomic E-state index is -0.569. The highest BCUT2D eigenvalue weighted by molar-refractivity contribution is 5.99. The van der Waals surface area contributed by atoms with Gasteiger partial charge in [0.25, 0.3) is 5.91 Å². The topological polar surface area (TPSA) is 122 Å². The third-order valence-corrected chi connectivity index (χ3v) is 7.09. The summed E-state index contributed by atoms with van der Waals surface area (Å²) in [5.74, 6) is -0.468. The molecular weight excluding hydrogens is 523 g/mol. The fourth-order valence-corrected chi connectivity index (χ4v) is 4.68. The van der Waals surface area contributed by atoms with Gasteiger partial charge < -0.3 is 15.4 Å². The lowest BCUT2D eigenvalue weighted by atomic mass is 9.81. The summed E-state index contributed by atoms with van der Waals surface area (Å²) in [5, 5.41) is 19.6. The van der Waals surface area contributed by atoms with Gasteiger partial charge in [0.05, 0.1) is 41.3 Å². The molecule has 0 radical (unpaired) electrons. The molecule has 2 N–H and O–H groups in total. The Morgan fingerprint density at radius 2 is 1.95 bits per heavy atom. The molecule has 41 heavy (non-hydrogen) atoms. The highest BCUT2D eigenvalue weighted by atomic mass is 19.1. The van der Waals surface area contributed by atoms with Gasteiger partial charge in [-0.05, 0) is 82.0 Å². The maximum Gasteiger partial charge on any atom is 0.251 e. The fourth-order valence-electron chi connectivity index (χ4n) is 4.68. The van der Waals surface area contributed by atoms with Crippen molar-refractivity contribution in [2.24, 2.45) is 5.92 Å². The molecule has 2 aromatic carbocycles. The van der Waals surface area contributed by atoms with Crippen molar-refractivity contribution in [1.82, 2.24) is 20.1 Å². The van der Waals surface area contributed by atoms with E-state index >= 15 is 4.39 Å². The second-order valence-corrected chi connectivity index (χ2v) is 11.4. The van der Waals surface area contributed by atoms with Crippen LogP contribution in [0.2, 0.25) is 0 Å². The van der Waals surface area contributed by atoms with Crippen molar-refractivity contribution in [3.05, 3.63) is 77.5 Å². The summed E-state index contributed by atoms with van der Waals surface area (Å²) in [6, 6.07) is 11.8. The highest BCUT2D eigenvalue weighted by Crippen LogP contribution is 2.33. The van der Waals surface area contributed by atoms with Crippen molar-refractivity contribution >= 4 is 28.4 Å². The van der Waals surface area contributed by atoms with Gasteiger partial charge in [0.2, 0.25) is 5.91 Å². The molecule has 1 aliphatic rings. The van der Waals surface area contributed by atoms with Gasteiger partial charge in [0.15, 0.2) is 0 Å². The van der Waals surface area contributed by atoms with Crippen LogP contribution in [0.25, 0.3) is 10.9 Å². The normalized spacial score (nSPS) is 16.5. The Balaban J connectivity index is 1.30. The molecule has 0 unspecified atom stereocenters. The van der Waals surface area contributed by atoms with Gasteiger partial charge in [-0.3, -0.25) is 19.3 Å². The van der Waals surface area contributed by atoms with Gasteiger partial charge in [-0.15, -0.1) is 0 Å². The van der Waals surface area contributed by atoms with Gasteiger partial charge in [-0.25, -0.2) is 4.39 Å². The van der Waals surface area contributed by atoms with Crippen LogP contribution in [0.15, 0.2) is 55.0 Å². The molecule has 2 heterocycles. The summed E-state index contributed by atoms with van der Waals surface area (Å²) in [5.41, 5.74) is 2.25. The molecule has 0 saturated heterocycles. The molecule has 0 atom stereocenters. The number of carbonyl (C=O) groups is 2. The van der Waals surface area contributed by atoms with Crippen molar-refractivity contribution < 1.29 is 18.7 Å². The molecule has 4 aromatic rings. The number of fused-ring (bicyclic) bond motifs is 1. The van der Waals surface area contributed by atoms with Crippen molar-refractivity contribution in [2.45, 2.75) is 58.5 Å². The number of hydrogen-bond donors (Lipinski definition) is 2. The summed E-state index contributed by atoms with van der Waals surface area (Å²) in [6.45, 7) is 7.78. The Bertz CT molecular complexity index is 1680. The number of hydrogen-bond acceptors (Lipinski definition) is 6. The smallest absolute Gasteiger partial charge is 0.251 e. The van der Waals surface area contributed by atoms with Crippen LogP contribution in [0.5, 0.6) is 11.5 Å². The first-order chi connectivity index (χ1) is 19.5. The van der Waals surface area contributed by atoms with E-state index in [1.165, 1.54) is 6.07 Å². The van der Waals surface area contributed by atoms with Crippen molar-refractivity contribution in [3.8, 4) is 17.6 Å². The van der Waals surface area contributed by atoms with Crippen LogP contribution >= 0.6 is 0 Å². The Hall–Kier alpha value is -4.78. The number of aromatic nitrogens is 3. The monoisotopic (exact) mass is 554 g/mol. The molecule has 1 fully saturated rings. The average Bonchev–Trinajstić information content (AvgIpc) is 3.37. The number of aryl methyl sites for hydroxylation is 1. The van der Waals surface area contributed by atoms with E-state index in [4.69, 9.17) is 10.00 Å². The maximum absolute atomic E-state index is 15.1. The maximum atomic E-state index is 15.1. The number of pyridine rings is 1. The number of carbonyl (C=O) groups excluding carboxylic acids is 2. The van der Waals surface area contributed by atoms with E-state index in [1.54, 1.807) is 60.5 Å². The van der Waals surface area contributed by atoms with Crippen LogP contribution in [0.4, 0.5) is 10.1 Å². The predicted molar refractivity (Wildman–Crippen MR) is 152 cm³/mol. The number of ether oxygens (including phenoxy) is 1. The van der Waals surface area contributed by atoms with Crippen LogP contribution in [-0.4, -0.2) is 32.6 Å². The molecule has 1 aliphatic carbocycles. The minimum absolute atomic E-state index is 0.0101. The second kappa shape index (κ2) is 11.0. The molecule has 210 valence electrons. The lowest BCUT2D eigenvalue weighted by Gasteiger charge is -2.31. The first-order valence-corrected chi connectivity index (χ1v) is 13.4. The molecule has 2 aromatic heterocycles. The van der Waals surface area contributed by atoms with E-state index in [1.807, 2.05) is 20.8 Å². The standard InChI is InChI=1S/C31H31FN6O3/c1-18-9-21(13-29(39)36-23-16-35-38(17-23)31(2,3)4)25(32)14-28(18)41-27-7-8-34-26-6-5-20(12-24(26)27)30(40)37-22-10-19(11-22)15-33/h5-9,12,14,16-17,19,22H,10-11,13H2,1-4H3,(H,36,39)(H,37,40). The number of nitriles is 1. The molecule has 0 aliphatic heterocycles. The molecule has 0 bridgehead atoms. The van der Waals surface area contributed by atoms with E-state index in [0.717, 1.165) is 0 Å². The molecular formula is C31H31FN6O3. The number of rotatable bonds is 7. The predicted octanol–water partition coefficient (Wildman–Crippen LogP) is 5.64. The van der Waals surface area contributed by atoms with E-state index < -0.39 is 5.82 Å². The first-order valence-electron chi connectivity index (χ1n) is 13.4. The van der Waals surface area contributed by atoms with Crippen LogP contribution < -0.4 is 15.4 Å². The summed E-state index contributed by atoms with van der Waals surface area (Å²) in [6.07, 6.45) is 6.03. The van der Waals surface area contributed by atoms with Crippen molar-refractivity contribution in [3.63, 3.8) is 0 Å². The van der Waals surface area contributed by atoms with Gasteiger partial charge in [0.1, 0.15) is 17.3 Å². The van der Waals surface area contributed by atoms with Crippen molar-refractivity contribution in [1.29, 1.82) is 5.26 Å². The van der Waals surface area contributed by atoms with Gasteiger partial charge in [-0.2, -0.15) is 10.4 Å². The van der Waals surface area contributed by atoms with Gasteiger partial charge in [-0.1, -0.05) is 0 Å². The summed E-state index contributed by atoms with van der Waals surface area (Å²) in [7, 11) is 0. The first kappa shape index (κ1) is 27.8. The Kier molecular flexibility index (Phi) is 7.45. The second-order valence-electron chi connectivity index (χ2n) is 11.4. The van der Waals surface area contributed by atoms with Crippen LogP contribution in [0, 0.1) is 30.0 Å². The molecule has 5 rings (SSSR count). The number of nitrogens with one attached hydrogen (secondary N) is 2. The Morgan fingerprint density at radius 3 is 2.66 bits per heavy atom. The van der Waals surface area contributed by atoms with E-state index in [2.05, 4.69) is 26.8 Å². The van der Waals surface area contributed by atoms with Crippen molar-refractivity contribution in [2.75, 3.05) is 5.32 Å². The largest absolute Gasteiger partial charge is 0.456 e. The quantitative estimate of drug-likeness (QED) is 0.305. The Labute approximate surface area is 237 Å². The van der Waals surface area contributed by atoms with Gasteiger partial charge in [0, 0.05) is 35.5 Å². The average molecular weight is 555 g/mol. The lowest BCUT2D eigenvalue weighted by Crippen LogP contribution is -2.43. The van der Waals surface area contributed by atoms with Crippen LogP contribution in [0.1, 0.15) is 55.1 Å². The zero-order valence-corrected chi connectivity index (χ0v) is 23.4. The van der Waals surface area contributed by atoms with E-state index in [0.29, 0.717) is 46.3 Å². The summed E-state index contributed by atoms with van der Waals surface area (Å²) in [4.78, 5) is 29.8. The molecule has 1 saturated carbocycles. The highest BCUT2D eigenvalue weighted by Gasteiger charge is 2.30. The zero-order valence-electron chi connectivity index (χ0n) is 23.4. The number of anilines is 1. The van der Waals surface area contributed by atoms with Gasteiger partial charge >= 0.3 is 0 Å². The number of nitrogens with zero attached hydrogens (tertiary/aromatic N) is 4. The molecule has 9 nitrogen and oxygen atoms in total. The van der Waals surface area contributed by atoms with E-state index in [9.17, 15) is 9.59 Å². The fraction of sp³-hybridized carbons (Fsp3) is 0.323. The molecule has 2 amide bonds.